The molecule has 1 saturated heterocycles. The van der Waals surface area contributed by atoms with Crippen molar-refractivity contribution >= 4 is 5.91 Å². The molecular formula is C13H27N3O2. The highest BCUT2D eigenvalue weighted by atomic mass is 16.5. The SMILES string of the molecule is CCNC(C)(CCCCN1CCOCC1)C(N)=O. The van der Waals surface area contributed by atoms with Crippen molar-refractivity contribution in [3.63, 3.8) is 0 Å². The number of hydrogen-bond acceptors (Lipinski definition) is 4. The summed E-state index contributed by atoms with van der Waals surface area (Å²) < 4.78 is 5.31. The quantitative estimate of drug-likeness (QED) is 0.615. The van der Waals surface area contributed by atoms with E-state index in [9.17, 15) is 4.79 Å². The normalized spacial score (nSPS) is 20.6. The predicted octanol–water partition coefficient (Wildman–Crippen LogP) is 0.342. The van der Waals surface area contributed by atoms with Gasteiger partial charge in [-0.05, 0) is 39.3 Å². The zero-order valence-corrected chi connectivity index (χ0v) is 11.7. The molecule has 0 bridgehead atoms. The number of carbonyl (C=O) groups excluding carboxylic acids is 1. The van der Waals surface area contributed by atoms with Crippen molar-refractivity contribution in [2.75, 3.05) is 39.4 Å². The fraction of sp³-hybridized carbons (Fsp3) is 0.923. The van der Waals surface area contributed by atoms with Gasteiger partial charge >= 0.3 is 0 Å². The summed E-state index contributed by atoms with van der Waals surface area (Å²) in [6.07, 6.45) is 2.93. The maximum atomic E-state index is 11.4. The maximum absolute atomic E-state index is 11.4. The van der Waals surface area contributed by atoms with Crippen molar-refractivity contribution in [3.05, 3.63) is 0 Å². The molecule has 1 aliphatic rings. The molecule has 0 aromatic rings. The lowest BCUT2D eigenvalue weighted by Gasteiger charge is -2.29. The molecule has 1 fully saturated rings. The summed E-state index contributed by atoms with van der Waals surface area (Å²) in [5.41, 5.74) is 4.90. The van der Waals surface area contributed by atoms with E-state index in [4.69, 9.17) is 10.5 Å². The number of nitrogens with two attached hydrogens (primary N) is 1. The number of nitrogens with one attached hydrogen (secondary N) is 1. The molecule has 0 spiro atoms. The molecule has 18 heavy (non-hydrogen) atoms. The third kappa shape index (κ3) is 4.92. The van der Waals surface area contributed by atoms with E-state index in [0.29, 0.717) is 0 Å². The molecule has 1 amide bonds. The second kappa shape index (κ2) is 7.71. The van der Waals surface area contributed by atoms with Gasteiger partial charge in [-0.15, -0.1) is 0 Å². The van der Waals surface area contributed by atoms with Crippen molar-refractivity contribution in [1.29, 1.82) is 0 Å². The summed E-state index contributed by atoms with van der Waals surface area (Å²) in [7, 11) is 0. The van der Waals surface area contributed by atoms with Crippen LogP contribution in [0.25, 0.3) is 0 Å². The monoisotopic (exact) mass is 257 g/mol. The molecule has 0 aliphatic carbocycles. The first kappa shape index (κ1) is 15.4. The lowest BCUT2D eigenvalue weighted by Crippen LogP contribution is -2.53. The van der Waals surface area contributed by atoms with Gasteiger partial charge in [0.25, 0.3) is 0 Å². The van der Waals surface area contributed by atoms with Crippen LogP contribution < -0.4 is 11.1 Å². The second-order valence-electron chi connectivity index (χ2n) is 5.14. The van der Waals surface area contributed by atoms with Gasteiger partial charge in [-0.2, -0.15) is 0 Å². The van der Waals surface area contributed by atoms with Crippen LogP contribution in [0.4, 0.5) is 0 Å². The number of unbranched alkanes of at least 4 members (excludes halogenated alkanes) is 1. The van der Waals surface area contributed by atoms with Gasteiger partial charge in [-0.3, -0.25) is 9.69 Å². The molecule has 0 aromatic carbocycles. The van der Waals surface area contributed by atoms with Gasteiger partial charge in [-0.25, -0.2) is 0 Å². The third-order valence-electron chi connectivity index (χ3n) is 3.62. The highest BCUT2D eigenvalue weighted by Crippen LogP contribution is 2.14. The Kier molecular flexibility index (Phi) is 6.60. The molecule has 5 heteroatoms. The summed E-state index contributed by atoms with van der Waals surface area (Å²) in [6, 6.07) is 0. The van der Waals surface area contributed by atoms with Crippen LogP contribution in [0.2, 0.25) is 0 Å². The van der Waals surface area contributed by atoms with E-state index in [0.717, 1.165) is 58.7 Å². The minimum Gasteiger partial charge on any atom is -0.379 e. The zero-order chi connectivity index (χ0) is 13.4. The Morgan fingerprint density at radius 1 is 1.39 bits per heavy atom. The molecule has 0 aromatic heterocycles. The largest absolute Gasteiger partial charge is 0.379 e. The van der Waals surface area contributed by atoms with Gasteiger partial charge in [0.1, 0.15) is 0 Å². The van der Waals surface area contributed by atoms with E-state index >= 15 is 0 Å². The number of hydrogen-bond donors (Lipinski definition) is 2. The summed E-state index contributed by atoms with van der Waals surface area (Å²) in [6.45, 7) is 9.49. The topological polar surface area (TPSA) is 67.6 Å². The van der Waals surface area contributed by atoms with Crippen LogP contribution in [0.5, 0.6) is 0 Å². The number of likely N-dealkylation sites (N-methyl/N-ethyl adjacent to an activating group) is 1. The number of carbonyl (C=O) groups is 1. The second-order valence-corrected chi connectivity index (χ2v) is 5.14. The average molecular weight is 257 g/mol. The van der Waals surface area contributed by atoms with Crippen molar-refractivity contribution < 1.29 is 9.53 Å². The summed E-state index contributed by atoms with van der Waals surface area (Å²) in [5.74, 6) is -0.254. The summed E-state index contributed by atoms with van der Waals surface area (Å²) in [5, 5.41) is 3.19. The highest BCUT2D eigenvalue weighted by Gasteiger charge is 2.28. The van der Waals surface area contributed by atoms with E-state index in [1.165, 1.54) is 0 Å². The van der Waals surface area contributed by atoms with Gasteiger partial charge in [0.05, 0.1) is 18.8 Å². The molecule has 5 nitrogen and oxygen atoms in total. The first-order valence-corrected chi connectivity index (χ1v) is 6.93. The van der Waals surface area contributed by atoms with E-state index in [2.05, 4.69) is 10.2 Å². The minimum atomic E-state index is -0.556. The standard InChI is InChI=1S/C13H27N3O2/c1-3-15-13(2,12(14)17)6-4-5-7-16-8-10-18-11-9-16/h15H,3-11H2,1-2H3,(H2,14,17). The number of nitrogens with zero attached hydrogens (tertiary/aromatic N) is 1. The van der Waals surface area contributed by atoms with Crippen LogP contribution in [0.1, 0.15) is 33.1 Å². The van der Waals surface area contributed by atoms with Gasteiger partial charge in [0, 0.05) is 13.1 Å². The summed E-state index contributed by atoms with van der Waals surface area (Å²) >= 11 is 0. The van der Waals surface area contributed by atoms with Crippen molar-refractivity contribution in [2.24, 2.45) is 5.73 Å². The Morgan fingerprint density at radius 2 is 2.06 bits per heavy atom. The van der Waals surface area contributed by atoms with Crippen LogP contribution in [-0.2, 0) is 9.53 Å². The maximum Gasteiger partial charge on any atom is 0.237 e. The summed E-state index contributed by atoms with van der Waals surface area (Å²) in [4.78, 5) is 13.9. The van der Waals surface area contributed by atoms with Gasteiger partial charge in [0.2, 0.25) is 5.91 Å². The van der Waals surface area contributed by atoms with Crippen molar-refractivity contribution in [1.82, 2.24) is 10.2 Å². The molecule has 106 valence electrons. The fourth-order valence-corrected chi connectivity index (χ4v) is 2.33. The molecular weight excluding hydrogens is 230 g/mol. The van der Waals surface area contributed by atoms with Crippen molar-refractivity contribution in [3.8, 4) is 0 Å². The molecule has 1 atom stereocenters. The van der Waals surface area contributed by atoms with E-state index in [1.807, 2.05) is 13.8 Å². The smallest absolute Gasteiger partial charge is 0.237 e. The van der Waals surface area contributed by atoms with Gasteiger partial charge in [0.15, 0.2) is 0 Å². The Morgan fingerprint density at radius 3 is 2.61 bits per heavy atom. The number of rotatable bonds is 8. The Labute approximate surface area is 110 Å². The van der Waals surface area contributed by atoms with Gasteiger partial charge in [-0.1, -0.05) is 6.92 Å². The molecule has 1 heterocycles. The number of ether oxygens (including phenoxy) is 1. The Bertz CT molecular complexity index is 255. The third-order valence-corrected chi connectivity index (χ3v) is 3.62. The number of primary amides is 1. The lowest BCUT2D eigenvalue weighted by atomic mass is 9.94. The molecule has 1 rings (SSSR count). The van der Waals surface area contributed by atoms with Crippen LogP contribution >= 0.6 is 0 Å². The Hall–Kier alpha value is -0.650. The van der Waals surface area contributed by atoms with Crippen molar-refractivity contribution in [2.45, 2.75) is 38.6 Å². The zero-order valence-electron chi connectivity index (χ0n) is 11.7. The van der Waals surface area contributed by atoms with Crippen LogP contribution in [0.15, 0.2) is 0 Å². The molecule has 1 unspecified atom stereocenters. The molecule has 3 N–H and O–H groups in total. The fourth-order valence-electron chi connectivity index (χ4n) is 2.33. The number of amides is 1. The highest BCUT2D eigenvalue weighted by molar-refractivity contribution is 5.84. The molecule has 1 aliphatic heterocycles. The first-order valence-electron chi connectivity index (χ1n) is 6.93. The molecule has 0 saturated carbocycles. The number of morpholine rings is 1. The first-order chi connectivity index (χ1) is 8.58. The van der Waals surface area contributed by atoms with Crippen LogP contribution in [-0.4, -0.2) is 55.7 Å². The molecule has 0 radical (unpaired) electrons. The van der Waals surface area contributed by atoms with E-state index < -0.39 is 5.54 Å². The Balaban J connectivity index is 2.20. The van der Waals surface area contributed by atoms with E-state index in [-0.39, 0.29) is 5.91 Å². The average Bonchev–Trinajstić information content (AvgIpc) is 2.36. The minimum absolute atomic E-state index is 0.254. The van der Waals surface area contributed by atoms with Crippen LogP contribution in [0, 0.1) is 0 Å². The van der Waals surface area contributed by atoms with Gasteiger partial charge < -0.3 is 15.8 Å². The van der Waals surface area contributed by atoms with E-state index in [1.54, 1.807) is 0 Å². The predicted molar refractivity (Wildman–Crippen MR) is 72.4 cm³/mol. The van der Waals surface area contributed by atoms with Crippen LogP contribution in [0.3, 0.4) is 0 Å². The lowest BCUT2D eigenvalue weighted by molar-refractivity contribution is -0.124.